The summed E-state index contributed by atoms with van der Waals surface area (Å²) in [6, 6.07) is 7.74. The molecule has 2 rings (SSSR count). The molecule has 0 aliphatic carbocycles. The largest absolute Gasteiger partial charge is 0.372 e. The number of benzene rings is 1. The minimum Gasteiger partial charge on any atom is -0.372 e. The Hall–Kier alpha value is -1.55. The fraction of sp³-hybridized carbons (Fsp3) is 0.500. The first-order chi connectivity index (χ1) is 8.56. The number of carbonyl (C=O) groups is 1. The third kappa shape index (κ3) is 3.01. The van der Waals surface area contributed by atoms with Gasteiger partial charge in [-0.3, -0.25) is 0 Å². The monoisotopic (exact) mass is 248 g/mol. The van der Waals surface area contributed by atoms with Gasteiger partial charge in [0, 0.05) is 18.8 Å². The maximum atomic E-state index is 12.2. The number of aryl methyl sites for hydroxylation is 1. The lowest BCUT2D eigenvalue weighted by Crippen LogP contribution is -2.49. The number of hydrogen-bond donors (Lipinski definition) is 1. The molecule has 0 bridgehead atoms. The number of hydrogen-bond acceptors (Lipinski definition) is 2. The number of morpholine rings is 1. The highest BCUT2D eigenvalue weighted by atomic mass is 16.5. The lowest BCUT2D eigenvalue weighted by atomic mass is 10.2. The molecule has 2 atom stereocenters. The fourth-order valence-corrected chi connectivity index (χ4v) is 2.25. The van der Waals surface area contributed by atoms with Crippen LogP contribution in [0.4, 0.5) is 10.5 Å². The van der Waals surface area contributed by atoms with Gasteiger partial charge in [-0.1, -0.05) is 18.2 Å². The van der Waals surface area contributed by atoms with Crippen molar-refractivity contribution in [1.29, 1.82) is 0 Å². The van der Waals surface area contributed by atoms with Gasteiger partial charge in [0.2, 0.25) is 0 Å². The molecule has 2 amide bonds. The third-order valence-electron chi connectivity index (χ3n) is 3.09. The summed E-state index contributed by atoms with van der Waals surface area (Å²) in [4.78, 5) is 14.0. The van der Waals surface area contributed by atoms with E-state index in [1.165, 1.54) is 0 Å². The van der Waals surface area contributed by atoms with Crippen LogP contribution in [0.5, 0.6) is 0 Å². The number of nitrogens with one attached hydrogen (secondary N) is 1. The third-order valence-corrected chi connectivity index (χ3v) is 3.09. The molecule has 1 aromatic rings. The fourth-order valence-electron chi connectivity index (χ4n) is 2.25. The SMILES string of the molecule is Cc1ccccc1NC(=O)N1C[C@@H](C)O[C@H](C)C1. The Balaban J connectivity index is 2.02. The molecule has 1 saturated heterocycles. The first-order valence-electron chi connectivity index (χ1n) is 6.33. The van der Waals surface area contributed by atoms with Crippen molar-refractivity contribution in [3.63, 3.8) is 0 Å². The number of anilines is 1. The van der Waals surface area contributed by atoms with Crippen molar-refractivity contribution in [2.45, 2.75) is 33.0 Å². The molecule has 0 spiro atoms. The summed E-state index contributed by atoms with van der Waals surface area (Å²) >= 11 is 0. The number of para-hydroxylation sites is 1. The second-order valence-corrected chi connectivity index (χ2v) is 4.91. The van der Waals surface area contributed by atoms with Crippen molar-refractivity contribution in [1.82, 2.24) is 4.90 Å². The van der Waals surface area contributed by atoms with Gasteiger partial charge in [-0.2, -0.15) is 0 Å². The zero-order valence-electron chi connectivity index (χ0n) is 11.1. The summed E-state index contributed by atoms with van der Waals surface area (Å²) in [6.45, 7) is 7.25. The summed E-state index contributed by atoms with van der Waals surface area (Å²) in [7, 11) is 0. The maximum absolute atomic E-state index is 12.2. The van der Waals surface area contributed by atoms with E-state index in [0.717, 1.165) is 11.3 Å². The summed E-state index contributed by atoms with van der Waals surface area (Å²) < 4.78 is 5.62. The van der Waals surface area contributed by atoms with Crippen molar-refractivity contribution in [2.75, 3.05) is 18.4 Å². The van der Waals surface area contributed by atoms with Crippen LogP contribution in [0, 0.1) is 6.92 Å². The van der Waals surface area contributed by atoms with Crippen LogP contribution >= 0.6 is 0 Å². The molecule has 1 aliphatic heterocycles. The van der Waals surface area contributed by atoms with Crippen molar-refractivity contribution in [2.24, 2.45) is 0 Å². The van der Waals surface area contributed by atoms with Crippen LogP contribution in [-0.2, 0) is 4.74 Å². The van der Waals surface area contributed by atoms with E-state index in [4.69, 9.17) is 4.74 Å². The van der Waals surface area contributed by atoms with E-state index in [-0.39, 0.29) is 18.2 Å². The van der Waals surface area contributed by atoms with Crippen molar-refractivity contribution < 1.29 is 9.53 Å². The molecule has 18 heavy (non-hydrogen) atoms. The Bertz CT molecular complexity index is 424. The number of ether oxygens (including phenoxy) is 1. The van der Waals surface area contributed by atoms with E-state index in [0.29, 0.717) is 13.1 Å². The van der Waals surface area contributed by atoms with Gasteiger partial charge in [0.25, 0.3) is 0 Å². The lowest BCUT2D eigenvalue weighted by molar-refractivity contribution is -0.0530. The van der Waals surface area contributed by atoms with Gasteiger partial charge in [-0.05, 0) is 32.4 Å². The first-order valence-corrected chi connectivity index (χ1v) is 6.33. The van der Waals surface area contributed by atoms with E-state index < -0.39 is 0 Å². The Kier molecular flexibility index (Phi) is 3.87. The Morgan fingerprint density at radius 2 is 1.89 bits per heavy atom. The molecule has 1 fully saturated rings. The predicted molar refractivity (Wildman–Crippen MR) is 71.8 cm³/mol. The maximum Gasteiger partial charge on any atom is 0.322 e. The van der Waals surface area contributed by atoms with Crippen LogP contribution in [0.2, 0.25) is 0 Å². The van der Waals surface area contributed by atoms with E-state index >= 15 is 0 Å². The Morgan fingerprint density at radius 3 is 2.50 bits per heavy atom. The van der Waals surface area contributed by atoms with Gasteiger partial charge in [0.15, 0.2) is 0 Å². The molecule has 0 radical (unpaired) electrons. The van der Waals surface area contributed by atoms with Gasteiger partial charge in [-0.15, -0.1) is 0 Å². The standard InChI is InChI=1S/C14H20N2O2/c1-10-6-4-5-7-13(10)15-14(17)16-8-11(2)18-12(3)9-16/h4-7,11-12H,8-9H2,1-3H3,(H,15,17)/t11-,12-/m1/s1. The van der Waals surface area contributed by atoms with E-state index in [2.05, 4.69) is 5.32 Å². The molecule has 4 nitrogen and oxygen atoms in total. The molecule has 0 unspecified atom stereocenters. The average Bonchev–Trinajstić information content (AvgIpc) is 2.31. The number of carbonyl (C=O) groups excluding carboxylic acids is 1. The highest BCUT2D eigenvalue weighted by Crippen LogP contribution is 2.16. The predicted octanol–water partition coefficient (Wildman–Crippen LogP) is 2.64. The number of nitrogens with zero attached hydrogens (tertiary/aromatic N) is 1. The van der Waals surface area contributed by atoms with Crippen LogP contribution in [0.15, 0.2) is 24.3 Å². The molecule has 98 valence electrons. The summed E-state index contributed by atoms with van der Waals surface area (Å²) in [5, 5.41) is 2.95. The molecular formula is C14H20N2O2. The highest BCUT2D eigenvalue weighted by Gasteiger charge is 2.25. The molecule has 1 aromatic carbocycles. The second kappa shape index (κ2) is 5.40. The minimum atomic E-state index is -0.0497. The summed E-state index contributed by atoms with van der Waals surface area (Å²) in [5.74, 6) is 0. The quantitative estimate of drug-likeness (QED) is 0.830. The zero-order valence-corrected chi connectivity index (χ0v) is 11.1. The molecular weight excluding hydrogens is 228 g/mol. The summed E-state index contributed by atoms with van der Waals surface area (Å²) in [5.41, 5.74) is 1.94. The topological polar surface area (TPSA) is 41.6 Å². The summed E-state index contributed by atoms with van der Waals surface area (Å²) in [6.07, 6.45) is 0.188. The normalized spacial score (nSPS) is 23.8. The van der Waals surface area contributed by atoms with Crippen molar-refractivity contribution in [3.8, 4) is 0 Å². The smallest absolute Gasteiger partial charge is 0.322 e. The zero-order chi connectivity index (χ0) is 13.1. The van der Waals surface area contributed by atoms with E-state index in [9.17, 15) is 4.79 Å². The van der Waals surface area contributed by atoms with E-state index in [1.807, 2.05) is 49.9 Å². The van der Waals surface area contributed by atoms with Crippen LogP contribution in [0.1, 0.15) is 19.4 Å². The highest BCUT2D eigenvalue weighted by molar-refractivity contribution is 5.90. The van der Waals surface area contributed by atoms with Gasteiger partial charge >= 0.3 is 6.03 Å². The first kappa shape index (κ1) is 12.9. The van der Waals surface area contributed by atoms with Crippen LogP contribution in [-0.4, -0.2) is 36.2 Å². The van der Waals surface area contributed by atoms with Crippen LogP contribution in [0.25, 0.3) is 0 Å². The van der Waals surface area contributed by atoms with Gasteiger partial charge in [0.05, 0.1) is 12.2 Å². The Labute approximate surface area is 108 Å². The molecule has 4 heteroatoms. The van der Waals surface area contributed by atoms with Gasteiger partial charge in [-0.25, -0.2) is 4.79 Å². The molecule has 1 heterocycles. The van der Waals surface area contributed by atoms with Gasteiger partial charge < -0.3 is 15.0 Å². The second-order valence-electron chi connectivity index (χ2n) is 4.91. The minimum absolute atomic E-state index is 0.0497. The Morgan fingerprint density at radius 1 is 1.28 bits per heavy atom. The lowest BCUT2D eigenvalue weighted by Gasteiger charge is -2.35. The number of urea groups is 1. The van der Waals surface area contributed by atoms with Crippen LogP contribution < -0.4 is 5.32 Å². The molecule has 1 aliphatic rings. The number of rotatable bonds is 1. The average molecular weight is 248 g/mol. The molecule has 1 N–H and O–H groups in total. The molecule has 0 aromatic heterocycles. The van der Waals surface area contributed by atoms with Crippen molar-refractivity contribution in [3.05, 3.63) is 29.8 Å². The number of amides is 2. The van der Waals surface area contributed by atoms with Crippen molar-refractivity contribution >= 4 is 11.7 Å². The molecule has 0 saturated carbocycles. The van der Waals surface area contributed by atoms with Gasteiger partial charge in [0.1, 0.15) is 0 Å². The van der Waals surface area contributed by atoms with E-state index in [1.54, 1.807) is 0 Å². The van der Waals surface area contributed by atoms with Crippen LogP contribution in [0.3, 0.4) is 0 Å².